The Morgan fingerprint density at radius 3 is 2.53 bits per heavy atom. The average molecular weight is 429 g/mol. The quantitative estimate of drug-likeness (QED) is 0.565. The summed E-state index contributed by atoms with van der Waals surface area (Å²) in [5.41, 5.74) is 1.72. The molecule has 30 heavy (non-hydrogen) atoms. The van der Waals surface area contributed by atoms with E-state index in [2.05, 4.69) is 20.2 Å². The highest BCUT2D eigenvalue weighted by Crippen LogP contribution is 2.47. The summed E-state index contributed by atoms with van der Waals surface area (Å²) in [5.74, 6) is 1.00. The first-order valence-corrected chi connectivity index (χ1v) is 11.1. The molecule has 158 valence electrons. The summed E-state index contributed by atoms with van der Waals surface area (Å²) in [4.78, 5) is 4.44. The van der Waals surface area contributed by atoms with E-state index in [9.17, 15) is 8.42 Å². The fourth-order valence-electron chi connectivity index (χ4n) is 3.38. The van der Waals surface area contributed by atoms with E-state index in [0.717, 1.165) is 29.7 Å². The summed E-state index contributed by atoms with van der Waals surface area (Å²) in [7, 11) is -2.24. The minimum Gasteiger partial charge on any atom is -0.497 e. The Labute approximate surface area is 175 Å². The van der Waals surface area contributed by atoms with Crippen molar-refractivity contribution in [2.75, 3.05) is 12.4 Å². The highest BCUT2D eigenvalue weighted by molar-refractivity contribution is 7.89. The maximum atomic E-state index is 13.4. The third-order valence-electron chi connectivity index (χ3n) is 5.26. The molecule has 1 fully saturated rings. The first-order valence-electron chi connectivity index (χ1n) is 9.65. The smallest absolute Gasteiger partial charge is 0.245 e. The largest absolute Gasteiger partial charge is 0.497 e. The van der Waals surface area contributed by atoms with Gasteiger partial charge in [0.2, 0.25) is 10.0 Å². The number of nitrogens with zero attached hydrogens (tertiary/aromatic N) is 2. The number of pyridine rings is 1. The Kier molecular flexibility index (Phi) is 5.25. The van der Waals surface area contributed by atoms with Crippen LogP contribution in [0.3, 0.4) is 0 Å². The molecule has 0 spiro atoms. The van der Waals surface area contributed by atoms with Gasteiger partial charge in [0, 0.05) is 12.3 Å². The van der Waals surface area contributed by atoms with Crippen LogP contribution in [0.1, 0.15) is 42.6 Å². The molecule has 0 amide bonds. The molecule has 1 saturated carbocycles. The molecule has 1 aliphatic rings. The van der Waals surface area contributed by atoms with Crippen LogP contribution >= 0.6 is 0 Å². The number of methoxy groups -OCH3 is 1. The van der Waals surface area contributed by atoms with E-state index in [1.807, 2.05) is 38.1 Å². The van der Waals surface area contributed by atoms with Gasteiger partial charge >= 0.3 is 0 Å². The minimum atomic E-state index is -3.84. The molecule has 2 N–H and O–H groups in total. The van der Waals surface area contributed by atoms with Crippen LogP contribution in [0.15, 0.2) is 58.3 Å². The molecule has 0 bridgehead atoms. The predicted molar refractivity (Wildman–Crippen MR) is 112 cm³/mol. The van der Waals surface area contributed by atoms with E-state index >= 15 is 0 Å². The van der Waals surface area contributed by atoms with E-state index < -0.39 is 15.6 Å². The lowest BCUT2D eigenvalue weighted by Gasteiger charge is -2.21. The number of hydrogen-bond donors (Lipinski definition) is 2. The van der Waals surface area contributed by atoms with Crippen molar-refractivity contribution in [1.82, 2.24) is 14.9 Å². The maximum absolute atomic E-state index is 13.4. The SMILES string of the molecule is COc1ccc(C2(NS(=O)(=O)c3cc(C)cnc3NC(C)c3ccon3)CC2)cc1. The van der Waals surface area contributed by atoms with Crippen LogP contribution < -0.4 is 14.8 Å². The molecule has 4 rings (SSSR count). The lowest BCUT2D eigenvalue weighted by molar-refractivity contribution is 0.409. The van der Waals surface area contributed by atoms with Gasteiger partial charge in [0.05, 0.1) is 18.7 Å². The summed E-state index contributed by atoms with van der Waals surface area (Å²) in [6, 6.07) is 10.5. The molecule has 2 aromatic heterocycles. The van der Waals surface area contributed by atoms with Gasteiger partial charge in [-0.1, -0.05) is 17.3 Å². The summed E-state index contributed by atoms with van der Waals surface area (Å²) in [6.45, 7) is 3.68. The number of rotatable bonds is 8. The van der Waals surface area contributed by atoms with Crippen LogP contribution in [-0.2, 0) is 15.6 Å². The van der Waals surface area contributed by atoms with Crippen LogP contribution in [0.5, 0.6) is 5.75 Å². The molecule has 0 radical (unpaired) electrons. The zero-order valence-corrected chi connectivity index (χ0v) is 17.9. The van der Waals surface area contributed by atoms with E-state index in [0.29, 0.717) is 5.69 Å². The Morgan fingerprint density at radius 1 is 1.20 bits per heavy atom. The average Bonchev–Trinajstić information content (AvgIpc) is 3.28. The Bertz CT molecular complexity index is 1120. The lowest BCUT2D eigenvalue weighted by Crippen LogP contribution is -2.35. The van der Waals surface area contributed by atoms with E-state index in [1.54, 1.807) is 25.4 Å². The molecule has 9 heteroatoms. The summed E-state index contributed by atoms with van der Waals surface area (Å²) < 4.78 is 39.7. The molecule has 1 aromatic carbocycles. The second kappa shape index (κ2) is 7.73. The van der Waals surface area contributed by atoms with Gasteiger partial charge < -0.3 is 14.6 Å². The van der Waals surface area contributed by atoms with Crippen LogP contribution in [0, 0.1) is 6.92 Å². The zero-order chi connectivity index (χ0) is 21.4. The number of aromatic nitrogens is 2. The molecule has 8 nitrogen and oxygen atoms in total. The fraction of sp³-hybridized carbons (Fsp3) is 0.333. The molecule has 3 aromatic rings. The van der Waals surface area contributed by atoms with Crippen LogP contribution in [0.25, 0.3) is 0 Å². The molecule has 2 heterocycles. The second-order valence-electron chi connectivity index (χ2n) is 7.57. The van der Waals surface area contributed by atoms with Crippen molar-refractivity contribution in [3.63, 3.8) is 0 Å². The highest BCUT2D eigenvalue weighted by Gasteiger charge is 2.48. The Hall–Kier alpha value is -2.91. The molecule has 1 atom stereocenters. The zero-order valence-electron chi connectivity index (χ0n) is 17.0. The third kappa shape index (κ3) is 4.03. The monoisotopic (exact) mass is 428 g/mol. The highest BCUT2D eigenvalue weighted by atomic mass is 32.2. The van der Waals surface area contributed by atoms with Crippen LogP contribution in [-0.4, -0.2) is 25.7 Å². The van der Waals surface area contributed by atoms with Crippen molar-refractivity contribution in [2.45, 2.75) is 43.2 Å². The molecule has 1 unspecified atom stereocenters. The van der Waals surface area contributed by atoms with Crippen molar-refractivity contribution in [2.24, 2.45) is 0 Å². The van der Waals surface area contributed by atoms with Gasteiger partial charge in [0.1, 0.15) is 28.4 Å². The van der Waals surface area contributed by atoms with E-state index in [4.69, 9.17) is 9.26 Å². The first kappa shape index (κ1) is 20.4. The van der Waals surface area contributed by atoms with Gasteiger partial charge in [-0.2, -0.15) is 0 Å². The normalized spacial score (nSPS) is 16.1. The van der Waals surface area contributed by atoms with Crippen molar-refractivity contribution >= 4 is 15.8 Å². The fourth-order valence-corrected chi connectivity index (χ4v) is 5.03. The third-order valence-corrected chi connectivity index (χ3v) is 6.81. The molecular weight excluding hydrogens is 404 g/mol. The standard InChI is InChI=1S/C21H24N4O4S/c1-14-12-19(20(22-13-14)23-15(2)18-8-11-29-24-18)30(26,27)25-21(9-10-21)16-4-6-17(28-3)7-5-16/h4-8,11-13,15,25H,9-10H2,1-3H3,(H,22,23). The number of anilines is 1. The van der Waals surface area contributed by atoms with Crippen molar-refractivity contribution in [3.05, 3.63) is 65.7 Å². The van der Waals surface area contributed by atoms with Gasteiger partial charge in [-0.05, 0) is 56.0 Å². The number of ether oxygens (including phenoxy) is 1. The van der Waals surface area contributed by atoms with Crippen molar-refractivity contribution < 1.29 is 17.7 Å². The summed E-state index contributed by atoms with van der Waals surface area (Å²) in [5, 5.41) is 7.04. The number of hydrogen-bond acceptors (Lipinski definition) is 7. The number of sulfonamides is 1. The minimum absolute atomic E-state index is 0.109. The number of nitrogens with one attached hydrogen (secondary N) is 2. The topological polar surface area (TPSA) is 106 Å². The Balaban J connectivity index is 1.63. The van der Waals surface area contributed by atoms with E-state index in [1.165, 1.54) is 6.26 Å². The molecule has 0 saturated heterocycles. The Morgan fingerprint density at radius 2 is 1.93 bits per heavy atom. The number of benzene rings is 1. The van der Waals surface area contributed by atoms with Gasteiger partial charge in [0.15, 0.2) is 0 Å². The second-order valence-corrected chi connectivity index (χ2v) is 9.22. The van der Waals surface area contributed by atoms with Gasteiger partial charge in [-0.15, -0.1) is 0 Å². The van der Waals surface area contributed by atoms with Gasteiger partial charge in [-0.3, -0.25) is 0 Å². The summed E-state index contributed by atoms with van der Waals surface area (Å²) >= 11 is 0. The molecule has 0 aliphatic heterocycles. The number of aryl methyl sites for hydroxylation is 1. The maximum Gasteiger partial charge on any atom is 0.245 e. The lowest BCUT2D eigenvalue weighted by atomic mass is 10.1. The molecule has 1 aliphatic carbocycles. The van der Waals surface area contributed by atoms with Gasteiger partial charge in [-0.25, -0.2) is 18.1 Å². The van der Waals surface area contributed by atoms with E-state index in [-0.39, 0.29) is 16.8 Å². The van der Waals surface area contributed by atoms with Crippen LogP contribution in [0.4, 0.5) is 5.82 Å². The van der Waals surface area contributed by atoms with Crippen LogP contribution in [0.2, 0.25) is 0 Å². The predicted octanol–water partition coefficient (Wildman–Crippen LogP) is 3.53. The van der Waals surface area contributed by atoms with Gasteiger partial charge in [0.25, 0.3) is 0 Å². The van der Waals surface area contributed by atoms with Crippen molar-refractivity contribution in [3.8, 4) is 5.75 Å². The first-order chi connectivity index (χ1) is 14.3. The summed E-state index contributed by atoms with van der Waals surface area (Å²) in [6.07, 6.45) is 4.57. The van der Waals surface area contributed by atoms with Crippen molar-refractivity contribution in [1.29, 1.82) is 0 Å². The molecular formula is C21H24N4O4S.